The highest BCUT2D eigenvalue weighted by atomic mass is 79.9. The number of thiazole rings is 1. The molecule has 12 heteroatoms. The molecule has 1 aromatic heterocycles. The number of esters is 1. The number of aromatic nitrogens is 1. The number of halogens is 1. The standard InChI is InChI=1S/C28H26BrN3O7S/c1-6-38-27(34)23-15(2)31-28-32(24(23)17-13-20(36-4)21(37-5)14-18(17)29)26(33)22(40-28)12-16-8-7-9-19(35-3)25(16)39-11-10-30/h7-9,12-14,24H,6,11H2,1-5H3/b22-12-/t24-/m1/s1. The van der Waals surface area contributed by atoms with E-state index in [9.17, 15) is 9.59 Å². The Hall–Kier alpha value is -4.08. The van der Waals surface area contributed by atoms with Crippen LogP contribution in [0.25, 0.3) is 6.08 Å². The largest absolute Gasteiger partial charge is 0.493 e. The van der Waals surface area contributed by atoms with Crippen molar-refractivity contribution in [3.8, 4) is 29.1 Å². The molecule has 0 spiro atoms. The van der Waals surface area contributed by atoms with Crippen LogP contribution in [0.4, 0.5) is 0 Å². The summed E-state index contributed by atoms with van der Waals surface area (Å²) in [4.78, 5) is 32.3. The lowest BCUT2D eigenvalue weighted by atomic mass is 9.95. The van der Waals surface area contributed by atoms with Crippen molar-refractivity contribution < 1.29 is 28.5 Å². The Morgan fingerprint density at radius 3 is 2.52 bits per heavy atom. The van der Waals surface area contributed by atoms with Gasteiger partial charge in [0.2, 0.25) is 0 Å². The third-order valence-electron chi connectivity index (χ3n) is 6.11. The Morgan fingerprint density at radius 2 is 1.88 bits per heavy atom. The number of hydrogen-bond donors (Lipinski definition) is 0. The number of benzene rings is 2. The van der Waals surface area contributed by atoms with Crippen molar-refractivity contribution in [2.45, 2.75) is 19.9 Å². The molecule has 0 N–H and O–H groups in total. The van der Waals surface area contributed by atoms with E-state index in [1.807, 2.05) is 6.07 Å². The third-order valence-corrected chi connectivity index (χ3v) is 7.78. The molecule has 1 aliphatic rings. The molecule has 0 unspecified atom stereocenters. The second-order valence-corrected chi connectivity index (χ2v) is 10.2. The maximum atomic E-state index is 14.0. The van der Waals surface area contributed by atoms with Gasteiger partial charge in [-0.2, -0.15) is 5.26 Å². The van der Waals surface area contributed by atoms with E-state index in [0.29, 0.717) is 53.6 Å². The molecule has 0 radical (unpaired) electrons. The van der Waals surface area contributed by atoms with E-state index in [1.165, 1.54) is 25.9 Å². The van der Waals surface area contributed by atoms with Crippen LogP contribution >= 0.6 is 27.3 Å². The van der Waals surface area contributed by atoms with Crippen LogP contribution in [0.1, 0.15) is 31.0 Å². The van der Waals surface area contributed by atoms with Gasteiger partial charge in [0.05, 0.1) is 49.8 Å². The molecule has 0 aliphatic carbocycles. The summed E-state index contributed by atoms with van der Waals surface area (Å²) in [5.74, 6) is 1.08. The van der Waals surface area contributed by atoms with Gasteiger partial charge in [-0.15, -0.1) is 0 Å². The lowest BCUT2D eigenvalue weighted by Crippen LogP contribution is -2.40. The second-order valence-electron chi connectivity index (χ2n) is 8.36. The highest BCUT2D eigenvalue weighted by Crippen LogP contribution is 2.41. The van der Waals surface area contributed by atoms with Crippen molar-refractivity contribution >= 4 is 39.3 Å². The van der Waals surface area contributed by atoms with Gasteiger partial charge in [-0.1, -0.05) is 39.4 Å². The number of methoxy groups -OCH3 is 3. The fourth-order valence-corrected chi connectivity index (χ4v) is 5.95. The van der Waals surface area contributed by atoms with Crippen LogP contribution in [0, 0.1) is 11.3 Å². The van der Waals surface area contributed by atoms with Crippen molar-refractivity contribution in [2.24, 2.45) is 4.99 Å². The molecule has 0 saturated heterocycles. The number of hydrogen-bond acceptors (Lipinski definition) is 10. The number of para-hydroxylation sites is 1. The number of nitrogens with zero attached hydrogens (tertiary/aromatic N) is 3. The zero-order chi connectivity index (χ0) is 29.0. The minimum absolute atomic E-state index is 0.154. The fourth-order valence-electron chi connectivity index (χ4n) is 4.37. The molecule has 0 fully saturated rings. The van der Waals surface area contributed by atoms with Crippen molar-refractivity contribution in [1.82, 2.24) is 4.57 Å². The first-order valence-electron chi connectivity index (χ1n) is 12.1. The number of fused-ring (bicyclic) bond motifs is 1. The van der Waals surface area contributed by atoms with Crippen molar-refractivity contribution in [3.05, 3.63) is 76.9 Å². The molecule has 0 bridgehead atoms. The summed E-state index contributed by atoms with van der Waals surface area (Å²) >= 11 is 4.76. The number of rotatable bonds is 9. The molecule has 2 aromatic carbocycles. The maximum Gasteiger partial charge on any atom is 0.338 e. The van der Waals surface area contributed by atoms with Crippen LogP contribution in [-0.4, -0.2) is 45.1 Å². The Balaban J connectivity index is 2.01. The minimum Gasteiger partial charge on any atom is -0.493 e. The predicted octanol–water partition coefficient (Wildman–Crippen LogP) is 3.49. The number of carbonyl (C=O) groups excluding carboxylic acids is 1. The number of nitriles is 1. The highest BCUT2D eigenvalue weighted by molar-refractivity contribution is 9.10. The Bertz CT molecular complexity index is 1720. The van der Waals surface area contributed by atoms with Crippen molar-refractivity contribution in [1.29, 1.82) is 5.26 Å². The molecule has 10 nitrogen and oxygen atoms in total. The van der Waals surface area contributed by atoms with E-state index >= 15 is 0 Å². The molecule has 2 heterocycles. The van der Waals surface area contributed by atoms with Gasteiger partial charge in [0, 0.05) is 10.0 Å². The Kier molecular flexibility index (Phi) is 8.96. The second kappa shape index (κ2) is 12.4. The smallest absolute Gasteiger partial charge is 0.338 e. The van der Waals surface area contributed by atoms with Crippen molar-refractivity contribution in [2.75, 3.05) is 34.5 Å². The lowest BCUT2D eigenvalue weighted by molar-refractivity contribution is -0.139. The summed E-state index contributed by atoms with van der Waals surface area (Å²) in [7, 11) is 4.52. The SMILES string of the molecule is CCOC(=O)C1=C(C)N=c2s/c(=C\c3cccc(OC)c3OCC#N)c(=O)n2[C@@H]1c1cc(OC)c(OC)cc1Br. The quantitative estimate of drug-likeness (QED) is 0.331. The topological polar surface area (TPSA) is 121 Å². The molecule has 1 aliphatic heterocycles. The first-order valence-corrected chi connectivity index (χ1v) is 13.7. The maximum absolute atomic E-state index is 14.0. The molecular formula is C28H26BrN3O7S. The highest BCUT2D eigenvalue weighted by Gasteiger charge is 2.35. The zero-order valence-corrected chi connectivity index (χ0v) is 24.8. The third kappa shape index (κ3) is 5.35. The summed E-state index contributed by atoms with van der Waals surface area (Å²) in [6.07, 6.45) is 1.66. The summed E-state index contributed by atoms with van der Waals surface area (Å²) in [5, 5.41) is 9.04. The van der Waals surface area contributed by atoms with E-state index in [2.05, 4.69) is 20.9 Å². The van der Waals surface area contributed by atoms with Crippen LogP contribution in [-0.2, 0) is 9.53 Å². The minimum atomic E-state index is -0.869. The number of carbonyl (C=O) groups is 1. The summed E-state index contributed by atoms with van der Waals surface area (Å²) in [6.45, 7) is 3.38. The van der Waals surface area contributed by atoms with Gasteiger partial charge in [-0.3, -0.25) is 9.36 Å². The van der Waals surface area contributed by atoms with Gasteiger partial charge in [0.1, 0.15) is 6.07 Å². The first kappa shape index (κ1) is 28.9. The van der Waals surface area contributed by atoms with E-state index in [-0.39, 0.29) is 24.3 Å². The Labute approximate surface area is 242 Å². The van der Waals surface area contributed by atoms with Crippen LogP contribution in [0.3, 0.4) is 0 Å². The van der Waals surface area contributed by atoms with Crippen LogP contribution in [0.2, 0.25) is 0 Å². The van der Waals surface area contributed by atoms with Crippen LogP contribution in [0.15, 0.2) is 55.9 Å². The molecule has 40 heavy (non-hydrogen) atoms. The normalized spacial score (nSPS) is 14.6. The molecule has 208 valence electrons. The molecule has 3 aromatic rings. The summed E-state index contributed by atoms with van der Waals surface area (Å²) in [5.41, 5.74) is 1.41. The molecule has 0 amide bonds. The first-order chi connectivity index (χ1) is 19.3. The number of allylic oxidation sites excluding steroid dienone is 1. The van der Waals surface area contributed by atoms with Gasteiger partial charge >= 0.3 is 5.97 Å². The van der Waals surface area contributed by atoms with E-state index in [4.69, 9.17) is 28.9 Å². The average molecular weight is 629 g/mol. The van der Waals surface area contributed by atoms with E-state index in [0.717, 1.165) is 11.3 Å². The van der Waals surface area contributed by atoms with Crippen LogP contribution < -0.4 is 33.8 Å². The molecule has 1 atom stereocenters. The van der Waals surface area contributed by atoms with Gasteiger partial charge in [-0.05, 0) is 43.7 Å². The molecule has 4 rings (SSSR count). The van der Waals surface area contributed by atoms with E-state index < -0.39 is 12.0 Å². The molecule has 0 saturated carbocycles. The van der Waals surface area contributed by atoms with E-state index in [1.54, 1.807) is 50.3 Å². The molecular weight excluding hydrogens is 602 g/mol. The van der Waals surface area contributed by atoms with Gasteiger partial charge in [0.25, 0.3) is 5.56 Å². The Morgan fingerprint density at radius 1 is 1.18 bits per heavy atom. The monoisotopic (exact) mass is 627 g/mol. The van der Waals surface area contributed by atoms with Gasteiger partial charge in [-0.25, -0.2) is 9.79 Å². The number of ether oxygens (including phenoxy) is 5. The summed E-state index contributed by atoms with van der Waals surface area (Å²) < 4.78 is 29.8. The average Bonchev–Trinajstić information content (AvgIpc) is 3.25. The van der Waals surface area contributed by atoms with Crippen molar-refractivity contribution in [3.63, 3.8) is 0 Å². The zero-order valence-electron chi connectivity index (χ0n) is 22.4. The van der Waals surface area contributed by atoms with Gasteiger partial charge < -0.3 is 23.7 Å². The van der Waals surface area contributed by atoms with Crippen LogP contribution in [0.5, 0.6) is 23.0 Å². The fraction of sp³-hybridized carbons (Fsp3) is 0.286. The van der Waals surface area contributed by atoms with Gasteiger partial charge in [0.15, 0.2) is 34.4 Å². The predicted molar refractivity (Wildman–Crippen MR) is 152 cm³/mol. The summed E-state index contributed by atoms with van der Waals surface area (Å²) in [6, 6.07) is 9.73. The lowest BCUT2D eigenvalue weighted by Gasteiger charge is -2.26.